The van der Waals surface area contributed by atoms with E-state index in [1.807, 2.05) is 6.07 Å². The zero-order valence-electron chi connectivity index (χ0n) is 12.2. The maximum atomic E-state index is 12.6. The first-order chi connectivity index (χ1) is 10.4. The van der Waals surface area contributed by atoms with Crippen LogP contribution < -0.4 is 10.6 Å². The Bertz CT molecular complexity index is 479. The third-order valence-electron chi connectivity index (χ3n) is 3.88. The molecule has 1 fully saturated rings. The molecule has 1 aliphatic carbocycles. The van der Waals surface area contributed by atoms with E-state index < -0.39 is 30.6 Å². The summed E-state index contributed by atoms with van der Waals surface area (Å²) in [6.45, 7) is 0.253. The molecule has 1 aromatic heterocycles. The van der Waals surface area contributed by atoms with Crippen molar-refractivity contribution in [3.05, 3.63) is 30.1 Å². The summed E-state index contributed by atoms with van der Waals surface area (Å²) in [6.07, 6.45) is -0.670. The summed E-state index contributed by atoms with van der Waals surface area (Å²) >= 11 is 0. The standard InChI is InChI=1S/C15H20F3N3O/c16-15(17,18)9-11-5-1-2-7-13(11)21-14(22)20-10-12-6-3-4-8-19-12/h3-4,6,8,11,13H,1-2,5,7,9-10H2,(H2,20,21,22)/t11-,13-/m0/s1. The van der Waals surface area contributed by atoms with Gasteiger partial charge in [0.05, 0.1) is 12.2 Å². The molecule has 122 valence electrons. The van der Waals surface area contributed by atoms with Crippen LogP contribution in [0.3, 0.4) is 0 Å². The van der Waals surface area contributed by atoms with Gasteiger partial charge in [-0.25, -0.2) is 4.79 Å². The van der Waals surface area contributed by atoms with Crippen LogP contribution in [0.25, 0.3) is 0 Å². The van der Waals surface area contributed by atoms with Crippen LogP contribution in [0.4, 0.5) is 18.0 Å². The molecule has 2 amide bonds. The second kappa shape index (κ2) is 7.47. The van der Waals surface area contributed by atoms with E-state index >= 15 is 0 Å². The molecule has 1 aliphatic rings. The molecule has 2 atom stereocenters. The van der Waals surface area contributed by atoms with E-state index in [9.17, 15) is 18.0 Å². The lowest BCUT2D eigenvalue weighted by Crippen LogP contribution is -2.47. The van der Waals surface area contributed by atoms with Crippen molar-refractivity contribution in [3.63, 3.8) is 0 Å². The summed E-state index contributed by atoms with van der Waals surface area (Å²) in [4.78, 5) is 15.9. The number of amides is 2. The number of alkyl halides is 3. The van der Waals surface area contributed by atoms with Gasteiger partial charge in [0.15, 0.2) is 0 Å². The Morgan fingerprint density at radius 3 is 2.73 bits per heavy atom. The number of rotatable bonds is 4. The molecule has 0 aliphatic heterocycles. The van der Waals surface area contributed by atoms with Crippen LogP contribution in [0.2, 0.25) is 0 Å². The number of carbonyl (C=O) groups is 1. The van der Waals surface area contributed by atoms with Crippen molar-refractivity contribution in [2.24, 2.45) is 5.92 Å². The van der Waals surface area contributed by atoms with Crippen LogP contribution in [0.15, 0.2) is 24.4 Å². The largest absolute Gasteiger partial charge is 0.389 e. The number of hydrogen-bond acceptors (Lipinski definition) is 2. The zero-order chi connectivity index (χ0) is 16.0. The van der Waals surface area contributed by atoms with Crippen molar-refractivity contribution in [1.82, 2.24) is 15.6 Å². The molecule has 0 aromatic carbocycles. The number of aromatic nitrogens is 1. The molecule has 7 heteroatoms. The van der Waals surface area contributed by atoms with Gasteiger partial charge in [-0.2, -0.15) is 13.2 Å². The van der Waals surface area contributed by atoms with E-state index in [0.29, 0.717) is 18.5 Å². The van der Waals surface area contributed by atoms with Crippen molar-refractivity contribution in [1.29, 1.82) is 0 Å². The molecule has 0 bridgehead atoms. The van der Waals surface area contributed by atoms with Gasteiger partial charge in [0, 0.05) is 18.7 Å². The number of nitrogens with zero attached hydrogens (tertiary/aromatic N) is 1. The van der Waals surface area contributed by atoms with Crippen LogP contribution in [0.1, 0.15) is 37.8 Å². The van der Waals surface area contributed by atoms with Gasteiger partial charge in [0.25, 0.3) is 0 Å². The molecule has 2 N–H and O–H groups in total. The van der Waals surface area contributed by atoms with Gasteiger partial charge in [0.1, 0.15) is 0 Å². The lowest BCUT2D eigenvalue weighted by Gasteiger charge is -2.32. The summed E-state index contributed by atoms with van der Waals surface area (Å²) in [5, 5.41) is 5.32. The molecular formula is C15H20F3N3O. The number of carbonyl (C=O) groups excluding carboxylic acids is 1. The fourth-order valence-electron chi connectivity index (χ4n) is 2.83. The topological polar surface area (TPSA) is 54.0 Å². The van der Waals surface area contributed by atoms with Gasteiger partial charge >= 0.3 is 12.2 Å². The molecule has 1 saturated carbocycles. The third kappa shape index (κ3) is 5.54. The predicted octanol–water partition coefficient (Wildman–Crippen LogP) is 3.39. The number of nitrogens with one attached hydrogen (secondary N) is 2. The van der Waals surface area contributed by atoms with Crippen LogP contribution in [-0.4, -0.2) is 23.2 Å². The van der Waals surface area contributed by atoms with Crippen molar-refractivity contribution in [2.75, 3.05) is 0 Å². The summed E-state index contributed by atoms with van der Waals surface area (Å²) in [6, 6.07) is 4.49. The van der Waals surface area contributed by atoms with E-state index in [2.05, 4.69) is 15.6 Å². The molecule has 22 heavy (non-hydrogen) atoms. The highest BCUT2D eigenvalue weighted by Gasteiger charge is 2.37. The predicted molar refractivity (Wildman–Crippen MR) is 76.0 cm³/mol. The van der Waals surface area contributed by atoms with Gasteiger partial charge in [-0.15, -0.1) is 0 Å². The van der Waals surface area contributed by atoms with Crippen LogP contribution in [0.5, 0.6) is 0 Å². The minimum absolute atomic E-state index is 0.253. The van der Waals surface area contributed by atoms with Crippen molar-refractivity contribution in [3.8, 4) is 0 Å². The van der Waals surface area contributed by atoms with Gasteiger partial charge in [0.2, 0.25) is 0 Å². The monoisotopic (exact) mass is 315 g/mol. The Morgan fingerprint density at radius 1 is 1.27 bits per heavy atom. The fraction of sp³-hybridized carbons (Fsp3) is 0.600. The van der Waals surface area contributed by atoms with Crippen LogP contribution >= 0.6 is 0 Å². The van der Waals surface area contributed by atoms with Crippen LogP contribution in [0, 0.1) is 5.92 Å². The minimum atomic E-state index is -4.19. The van der Waals surface area contributed by atoms with Crippen molar-refractivity contribution >= 4 is 6.03 Å². The summed E-state index contributed by atoms with van der Waals surface area (Å²) < 4.78 is 37.8. The molecule has 2 rings (SSSR count). The summed E-state index contributed by atoms with van der Waals surface area (Å²) in [5.74, 6) is -0.533. The maximum absolute atomic E-state index is 12.6. The fourth-order valence-corrected chi connectivity index (χ4v) is 2.83. The molecule has 0 unspecified atom stereocenters. The van der Waals surface area contributed by atoms with Crippen LogP contribution in [-0.2, 0) is 6.54 Å². The average Bonchev–Trinajstić information content (AvgIpc) is 2.47. The molecular weight excluding hydrogens is 295 g/mol. The lowest BCUT2D eigenvalue weighted by molar-refractivity contribution is -0.148. The highest BCUT2D eigenvalue weighted by molar-refractivity contribution is 5.74. The summed E-state index contributed by atoms with van der Waals surface area (Å²) in [5.41, 5.74) is 0.702. The van der Waals surface area contributed by atoms with E-state index in [1.54, 1.807) is 18.3 Å². The number of urea groups is 1. The quantitative estimate of drug-likeness (QED) is 0.895. The third-order valence-corrected chi connectivity index (χ3v) is 3.88. The molecule has 0 saturated heterocycles. The van der Waals surface area contributed by atoms with E-state index in [1.165, 1.54) is 0 Å². The maximum Gasteiger partial charge on any atom is 0.389 e. The van der Waals surface area contributed by atoms with Gasteiger partial charge in [-0.3, -0.25) is 4.98 Å². The molecule has 0 spiro atoms. The smallest absolute Gasteiger partial charge is 0.335 e. The van der Waals surface area contributed by atoms with E-state index in [0.717, 1.165) is 12.8 Å². The highest BCUT2D eigenvalue weighted by atomic mass is 19.4. The second-order valence-corrected chi connectivity index (χ2v) is 5.62. The Hall–Kier alpha value is -1.79. The SMILES string of the molecule is O=C(NCc1ccccn1)N[C@H]1CCCC[C@H]1CC(F)(F)F. The van der Waals surface area contributed by atoms with E-state index in [-0.39, 0.29) is 6.54 Å². The van der Waals surface area contributed by atoms with Gasteiger partial charge < -0.3 is 10.6 Å². The molecule has 1 aromatic rings. The minimum Gasteiger partial charge on any atom is -0.335 e. The first-order valence-electron chi connectivity index (χ1n) is 7.45. The van der Waals surface area contributed by atoms with Crippen molar-refractivity contribution in [2.45, 2.75) is 50.9 Å². The van der Waals surface area contributed by atoms with Gasteiger partial charge in [-0.1, -0.05) is 18.9 Å². The Balaban J connectivity index is 1.83. The molecule has 1 heterocycles. The van der Waals surface area contributed by atoms with Gasteiger partial charge in [-0.05, 0) is 30.9 Å². The molecule has 4 nitrogen and oxygen atoms in total. The Labute approximate surface area is 127 Å². The normalized spacial score (nSPS) is 22.1. The first-order valence-corrected chi connectivity index (χ1v) is 7.45. The Morgan fingerprint density at radius 2 is 2.05 bits per heavy atom. The second-order valence-electron chi connectivity index (χ2n) is 5.62. The van der Waals surface area contributed by atoms with E-state index in [4.69, 9.17) is 0 Å². The summed E-state index contributed by atoms with van der Waals surface area (Å²) in [7, 11) is 0. The first kappa shape index (κ1) is 16.6. The number of pyridine rings is 1. The Kier molecular flexibility index (Phi) is 5.63. The van der Waals surface area contributed by atoms with Crippen molar-refractivity contribution < 1.29 is 18.0 Å². The average molecular weight is 315 g/mol. The highest BCUT2D eigenvalue weighted by Crippen LogP contribution is 2.34. The molecule has 0 radical (unpaired) electrons. The zero-order valence-corrected chi connectivity index (χ0v) is 12.2. The number of halogens is 3. The lowest BCUT2D eigenvalue weighted by atomic mass is 9.82. The number of hydrogen-bond donors (Lipinski definition) is 2.